The third-order valence-corrected chi connectivity index (χ3v) is 9.95. The number of amides is 1. The smallest absolute Gasteiger partial charge is 0.463 e. The molecule has 0 aromatic heterocycles. The van der Waals surface area contributed by atoms with Gasteiger partial charge in [-0.15, -0.1) is 0 Å². The number of hydrogen-bond donors (Lipinski definition) is 3. The van der Waals surface area contributed by atoms with E-state index in [0.29, 0.717) is 12.8 Å². The predicted octanol–water partition coefficient (Wildman–Crippen LogP) is 12.1. The fraction of sp³-hybridized carbons (Fsp3) is 0.733. The first kappa shape index (κ1) is 52.7. The summed E-state index contributed by atoms with van der Waals surface area (Å²) < 4.78 is 26.8. The van der Waals surface area contributed by atoms with Crippen molar-refractivity contribution in [2.45, 2.75) is 187 Å². The number of phosphoric acid groups is 1. The number of hydrogen-bond acceptors (Lipinski definition) is 7. The summed E-state index contributed by atoms with van der Waals surface area (Å²) in [4.78, 5) is 33.9. The van der Waals surface area contributed by atoms with Crippen LogP contribution >= 0.6 is 7.82 Å². The molecule has 9 nitrogen and oxygen atoms in total. The fourth-order valence-electron chi connectivity index (χ4n) is 5.70. The molecule has 2 atom stereocenters. The lowest BCUT2D eigenvalue weighted by Gasteiger charge is -2.15. The Hall–Kier alpha value is -2.29. The van der Waals surface area contributed by atoms with Gasteiger partial charge in [-0.05, 0) is 57.8 Å². The molecule has 0 spiro atoms. The van der Waals surface area contributed by atoms with Gasteiger partial charge >= 0.3 is 13.8 Å². The Balaban J connectivity index is 3.66. The van der Waals surface area contributed by atoms with Crippen LogP contribution in [0.3, 0.4) is 0 Å². The van der Waals surface area contributed by atoms with Gasteiger partial charge in [-0.3, -0.25) is 18.6 Å². The number of allylic oxidation sites excluding steroid dienone is 10. The normalized spacial score (nSPS) is 13.9. The Morgan fingerprint density at radius 1 is 0.582 bits per heavy atom. The van der Waals surface area contributed by atoms with E-state index in [2.05, 4.69) is 79.9 Å². The van der Waals surface area contributed by atoms with Crippen LogP contribution in [0.5, 0.6) is 0 Å². The molecular formula is C45H80NO8P. The number of aliphatic hydroxyl groups is 1. The van der Waals surface area contributed by atoms with Crippen LogP contribution in [-0.4, -0.2) is 54.3 Å². The summed E-state index contributed by atoms with van der Waals surface area (Å²) in [6, 6.07) is 0. The van der Waals surface area contributed by atoms with Gasteiger partial charge in [0.15, 0.2) is 0 Å². The minimum atomic E-state index is -4.42. The number of nitrogens with one attached hydrogen (secondary N) is 1. The maximum atomic E-state index is 12.1. The maximum Gasteiger partial charge on any atom is 0.472 e. The van der Waals surface area contributed by atoms with Crippen molar-refractivity contribution in [2.75, 3.05) is 26.4 Å². The van der Waals surface area contributed by atoms with Crippen LogP contribution < -0.4 is 5.32 Å². The summed E-state index contributed by atoms with van der Waals surface area (Å²) in [5.41, 5.74) is 0. The summed E-state index contributed by atoms with van der Waals surface area (Å²) in [6.07, 6.45) is 48.6. The standard InChI is InChI=1S/C45H80NO8P/c1-3-5-7-9-11-13-15-17-19-20-21-22-24-26-28-30-32-34-36-38-45(49)52-41-43(47)42-54-55(50,51)53-40-39-46-44(48)37-35-33-31-29-27-25-23-18-16-14-12-10-8-6-4-2/h5,7,11,13,17,19,21-22,26,28,43,47H,3-4,6,8-10,12,14-16,18,20,23-25,27,29-42H2,1-2H3,(H,46,48)(H,50,51)/b7-5-,13-11-,19-17-,22-21-,28-26-. The number of phosphoric ester groups is 1. The minimum absolute atomic E-state index is 0.0773. The summed E-state index contributed by atoms with van der Waals surface area (Å²) in [5.74, 6) is -0.549. The predicted molar refractivity (Wildman–Crippen MR) is 229 cm³/mol. The lowest BCUT2D eigenvalue weighted by atomic mass is 10.0. The first-order valence-electron chi connectivity index (χ1n) is 21.8. The van der Waals surface area contributed by atoms with Crippen molar-refractivity contribution in [2.24, 2.45) is 0 Å². The summed E-state index contributed by atoms with van der Waals surface area (Å²) in [6.45, 7) is 3.40. The molecule has 0 rings (SSSR count). The second kappa shape index (κ2) is 41.3. The van der Waals surface area contributed by atoms with E-state index in [1.165, 1.54) is 77.0 Å². The highest BCUT2D eigenvalue weighted by molar-refractivity contribution is 7.47. The highest BCUT2D eigenvalue weighted by Gasteiger charge is 2.23. The third-order valence-electron chi connectivity index (χ3n) is 8.96. The highest BCUT2D eigenvalue weighted by Crippen LogP contribution is 2.42. The average molecular weight is 794 g/mol. The first-order chi connectivity index (χ1) is 26.8. The van der Waals surface area contributed by atoms with E-state index in [1.54, 1.807) is 0 Å². The molecule has 0 radical (unpaired) electrons. The SMILES string of the molecule is CC/C=C\C/C=C\C/C=C\C/C=C\C/C=C\CCCCCC(=O)OCC(O)COP(=O)(O)OCCNC(=O)CCCCCCCCCCCCCCCCC. The van der Waals surface area contributed by atoms with Gasteiger partial charge in [0.1, 0.15) is 12.7 Å². The van der Waals surface area contributed by atoms with Crippen molar-refractivity contribution in [3.8, 4) is 0 Å². The van der Waals surface area contributed by atoms with E-state index in [4.69, 9.17) is 13.8 Å². The van der Waals surface area contributed by atoms with Gasteiger partial charge in [-0.25, -0.2) is 4.57 Å². The molecule has 3 N–H and O–H groups in total. The molecular weight excluding hydrogens is 713 g/mol. The van der Waals surface area contributed by atoms with E-state index in [1.807, 2.05) is 0 Å². The number of aliphatic hydroxyl groups excluding tert-OH is 1. The van der Waals surface area contributed by atoms with Gasteiger partial charge in [-0.1, -0.05) is 171 Å². The molecule has 0 aliphatic rings. The van der Waals surface area contributed by atoms with Crippen LogP contribution in [0.4, 0.5) is 0 Å². The van der Waals surface area contributed by atoms with Crippen molar-refractivity contribution >= 4 is 19.7 Å². The van der Waals surface area contributed by atoms with Crippen molar-refractivity contribution in [3.63, 3.8) is 0 Å². The second-order valence-corrected chi connectivity index (χ2v) is 15.7. The van der Waals surface area contributed by atoms with E-state index >= 15 is 0 Å². The van der Waals surface area contributed by atoms with Crippen LogP contribution in [0.1, 0.15) is 181 Å². The van der Waals surface area contributed by atoms with Gasteiger partial charge in [-0.2, -0.15) is 0 Å². The molecule has 55 heavy (non-hydrogen) atoms. The van der Waals surface area contributed by atoms with Gasteiger partial charge < -0.3 is 20.1 Å². The molecule has 0 aliphatic heterocycles. The molecule has 1 amide bonds. The molecule has 0 bridgehead atoms. The summed E-state index contributed by atoms with van der Waals surface area (Å²) in [5, 5.41) is 12.7. The zero-order chi connectivity index (χ0) is 40.3. The summed E-state index contributed by atoms with van der Waals surface area (Å²) >= 11 is 0. The number of rotatable bonds is 40. The fourth-order valence-corrected chi connectivity index (χ4v) is 6.46. The van der Waals surface area contributed by atoms with E-state index in [0.717, 1.165) is 70.6 Å². The molecule has 0 heterocycles. The minimum Gasteiger partial charge on any atom is -0.463 e. The number of unbranched alkanes of at least 4 members (excludes halogenated alkanes) is 17. The zero-order valence-corrected chi connectivity index (χ0v) is 35.7. The Labute approximate surface area is 336 Å². The van der Waals surface area contributed by atoms with E-state index in [9.17, 15) is 24.2 Å². The second-order valence-electron chi connectivity index (χ2n) is 14.3. The molecule has 0 fully saturated rings. The maximum absolute atomic E-state index is 12.1. The highest BCUT2D eigenvalue weighted by atomic mass is 31.2. The lowest BCUT2D eigenvalue weighted by molar-refractivity contribution is -0.147. The average Bonchev–Trinajstić information content (AvgIpc) is 3.17. The van der Waals surface area contributed by atoms with Crippen LogP contribution in [0.25, 0.3) is 0 Å². The number of ether oxygens (including phenoxy) is 1. The van der Waals surface area contributed by atoms with Crippen LogP contribution in [0, 0.1) is 0 Å². The number of carbonyl (C=O) groups is 2. The largest absolute Gasteiger partial charge is 0.472 e. The summed E-state index contributed by atoms with van der Waals surface area (Å²) in [7, 11) is -4.42. The quantitative estimate of drug-likeness (QED) is 0.0242. The Kier molecular flexibility index (Phi) is 39.6. The molecule has 318 valence electrons. The molecule has 0 aromatic rings. The van der Waals surface area contributed by atoms with Gasteiger partial charge in [0.2, 0.25) is 5.91 Å². The third kappa shape index (κ3) is 42.7. The van der Waals surface area contributed by atoms with Crippen molar-refractivity contribution in [3.05, 3.63) is 60.8 Å². The monoisotopic (exact) mass is 794 g/mol. The number of carbonyl (C=O) groups excluding carboxylic acids is 2. The zero-order valence-electron chi connectivity index (χ0n) is 34.9. The molecule has 0 saturated heterocycles. The Bertz CT molecular complexity index is 1090. The van der Waals surface area contributed by atoms with Gasteiger partial charge in [0, 0.05) is 19.4 Å². The Morgan fingerprint density at radius 3 is 1.56 bits per heavy atom. The first-order valence-corrected chi connectivity index (χ1v) is 23.3. The van der Waals surface area contributed by atoms with E-state index < -0.39 is 26.5 Å². The molecule has 2 unspecified atom stereocenters. The number of esters is 1. The van der Waals surface area contributed by atoms with Crippen LogP contribution in [-0.2, 0) is 27.9 Å². The van der Waals surface area contributed by atoms with Crippen molar-refractivity contribution in [1.82, 2.24) is 5.32 Å². The molecule has 10 heteroatoms. The molecule has 0 aromatic carbocycles. The van der Waals surface area contributed by atoms with Crippen molar-refractivity contribution < 1.29 is 37.9 Å². The van der Waals surface area contributed by atoms with Gasteiger partial charge in [0.25, 0.3) is 0 Å². The lowest BCUT2D eigenvalue weighted by Crippen LogP contribution is -2.27. The topological polar surface area (TPSA) is 131 Å². The molecule has 0 saturated carbocycles. The Morgan fingerprint density at radius 2 is 1.04 bits per heavy atom. The van der Waals surface area contributed by atoms with Crippen LogP contribution in [0.2, 0.25) is 0 Å². The van der Waals surface area contributed by atoms with E-state index in [-0.39, 0.29) is 32.1 Å². The van der Waals surface area contributed by atoms with Gasteiger partial charge in [0.05, 0.1) is 13.2 Å². The molecule has 0 aliphatic carbocycles. The van der Waals surface area contributed by atoms with Crippen molar-refractivity contribution in [1.29, 1.82) is 0 Å². The van der Waals surface area contributed by atoms with Crippen LogP contribution in [0.15, 0.2) is 60.8 Å².